The molecule has 98 valence electrons. The fourth-order valence-electron chi connectivity index (χ4n) is 2.23. The molecule has 5 nitrogen and oxygen atoms in total. The highest BCUT2D eigenvalue weighted by atomic mass is 35.5. The standard InChI is InChI=1S/C12H15ClN2O3/c13-10-5-9(12(17)18)6-11(14-10)15-3-1-8(7-15)2-4-16/h5-6,8,16H,1-4,7H2,(H,17,18). The molecular formula is C12H15ClN2O3. The van der Waals surface area contributed by atoms with Gasteiger partial charge in [0.05, 0.1) is 5.56 Å². The summed E-state index contributed by atoms with van der Waals surface area (Å²) in [6.45, 7) is 1.78. The summed E-state index contributed by atoms with van der Waals surface area (Å²) in [7, 11) is 0. The molecule has 0 aliphatic carbocycles. The summed E-state index contributed by atoms with van der Waals surface area (Å²) in [4.78, 5) is 17.1. The van der Waals surface area contributed by atoms with Gasteiger partial charge in [-0.1, -0.05) is 11.6 Å². The largest absolute Gasteiger partial charge is 0.478 e. The Morgan fingerprint density at radius 1 is 1.56 bits per heavy atom. The molecule has 18 heavy (non-hydrogen) atoms. The molecule has 1 atom stereocenters. The third-order valence-electron chi connectivity index (χ3n) is 3.17. The smallest absolute Gasteiger partial charge is 0.335 e. The lowest BCUT2D eigenvalue weighted by molar-refractivity contribution is 0.0697. The van der Waals surface area contributed by atoms with E-state index in [1.807, 2.05) is 4.90 Å². The maximum Gasteiger partial charge on any atom is 0.335 e. The fraction of sp³-hybridized carbons (Fsp3) is 0.500. The van der Waals surface area contributed by atoms with E-state index in [4.69, 9.17) is 21.8 Å². The molecule has 0 radical (unpaired) electrons. The zero-order valence-electron chi connectivity index (χ0n) is 9.84. The van der Waals surface area contributed by atoms with Crippen LogP contribution in [0.3, 0.4) is 0 Å². The average Bonchev–Trinajstić information content (AvgIpc) is 2.77. The second-order valence-electron chi connectivity index (χ2n) is 4.45. The summed E-state index contributed by atoms with van der Waals surface area (Å²) in [6.07, 6.45) is 1.75. The molecule has 1 aliphatic heterocycles. The Bertz CT molecular complexity index is 453. The van der Waals surface area contributed by atoms with Crippen LogP contribution in [-0.2, 0) is 0 Å². The number of nitrogens with zero attached hydrogens (tertiary/aromatic N) is 2. The highest BCUT2D eigenvalue weighted by molar-refractivity contribution is 6.29. The third kappa shape index (κ3) is 2.91. The lowest BCUT2D eigenvalue weighted by atomic mass is 10.1. The van der Waals surface area contributed by atoms with Crippen molar-refractivity contribution in [3.05, 3.63) is 22.8 Å². The van der Waals surface area contributed by atoms with E-state index in [1.165, 1.54) is 12.1 Å². The van der Waals surface area contributed by atoms with E-state index < -0.39 is 5.97 Å². The van der Waals surface area contributed by atoms with Crippen molar-refractivity contribution in [2.75, 3.05) is 24.6 Å². The van der Waals surface area contributed by atoms with Crippen molar-refractivity contribution < 1.29 is 15.0 Å². The molecule has 1 aromatic heterocycles. The minimum atomic E-state index is -1.01. The first-order valence-corrected chi connectivity index (χ1v) is 6.24. The molecule has 1 unspecified atom stereocenters. The Balaban J connectivity index is 2.16. The topological polar surface area (TPSA) is 73.7 Å². The summed E-state index contributed by atoms with van der Waals surface area (Å²) >= 11 is 5.83. The van der Waals surface area contributed by atoms with Crippen LogP contribution in [0.5, 0.6) is 0 Å². The van der Waals surface area contributed by atoms with Crippen molar-refractivity contribution in [1.29, 1.82) is 0 Å². The summed E-state index contributed by atoms with van der Waals surface area (Å²) in [5.41, 5.74) is 0.149. The number of hydrogen-bond donors (Lipinski definition) is 2. The number of aromatic carboxylic acids is 1. The van der Waals surface area contributed by atoms with Crippen molar-refractivity contribution in [1.82, 2.24) is 4.98 Å². The Labute approximate surface area is 110 Å². The number of carboxylic acid groups (broad SMARTS) is 1. The number of rotatable bonds is 4. The lowest BCUT2D eigenvalue weighted by Crippen LogP contribution is -2.21. The third-order valence-corrected chi connectivity index (χ3v) is 3.37. The van der Waals surface area contributed by atoms with E-state index in [0.717, 1.165) is 25.9 Å². The van der Waals surface area contributed by atoms with Gasteiger partial charge in [0.2, 0.25) is 0 Å². The molecule has 1 saturated heterocycles. The minimum absolute atomic E-state index is 0.149. The van der Waals surface area contributed by atoms with Gasteiger partial charge in [0.15, 0.2) is 0 Å². The van der Waals surface area contributed by atoms with Crippen LogP contribution < -0.4 is 4.90 Å². The quantitative estimate of drug-likeness (QED) is 0.814. The van der Waals surface area contributed by atoms with E-state index >= 15 is 0 Å². The summed E-state index contributed by atoms with van der Waals surface area (Å²) in [5, 5.41) is 18.1. The number of aliphatic hydroxyl groups is 1. The van der Waals surface area contributed by atoms with Gasteiger partial charge in [-0.15, -0.1) is 0 Å². The summed E-state index contributed by atoms with van der Waals surface area (Å²) in [5.74, 6) is 0.0241. The maximum atomic E-state index is 10.9. The molecule has 0 aromatic carbocycles. The van der Waals surface area contributed by atoms with Crippen molar-refractivity contribution >= 4 is 23.4 Å². The van der Waals surface area contributed by atoms with Gasteiger partial charge in [-0.05, 0) is 30.9 Å². The van der Waals surface area contributed by atoms with Gasteiger partial charge in [0.25, 0.3) is 0 Å². The van der Waals surface area contributed by atoms with Crippen LogP contribution in [0.2, 0.25) is 5.15 Å². The molecular weight excluding hydrogens is 256 g/mol. The first kappa shape index (κ1) is 13.1. The van der Waals surface area contributed by atoms with Crippen molar-refractivity contribution in [2.45, 2.75) is 12.8 Å². The molecule has 0 saturated carbocycles. The predicted octanol–water partition coefficient (Wildman–Crippen LogP) is 1.64. The second-order valence-corrected chi connectivity index (χ2v) is 4.84. The van der Waals surface area contributed by atoms with Crippen molar-refractivity contribution in [3.63, 3.8) is 0 Å². The first-order valence-electron chi connectivity index (χ1n) is 5.87. The molecule has 1 aliphatic rings. The zero-order valence-corrected chi connectivity index (χ0v) is 10.6. The van der Waals surface area contributed by atoms with Crippen LogP contribution in [0.25, 0.3) is 0 Å². The van der Waals surface area contributed by atoms with Crippen LogP contribution in [0.4, 0.5) is 5.82 Å². The van der Waals surface area contributed by atoms with Gasteiger partial charge >= 0.3 is 5.97 Å². The summed E-state index contributed by atoms with van der Waals surface area (Å²) < 4.78 is 0. The Morgan fingerprint density at radius 3 is 3.00 bits per heavy atom. The van der Waals surface area contributed by atoms with Crippen molar-refractivity contribution in [3.8, 4) is 0 Å². The van der Waals surface area contributed by atoms with Gasteiger partial charge in [-0.3, -0.25) is 0 Å². The van der Waals surface area contributed by atoms with Gasteiger partial charge < -0.3 is 15.1 Å². The number of pyridine rings is 1. The van der Waals surface area contributed by atoms with E-state index in [9.17, 15) is 4.79 Å². The zero-order chi connectivity index (χ0) is 13.1. The average molecular weight is 271 g/mol. The number of hydrogen-bond acceptors (Lipinski definition) is 4. The van der Waals surface area contributed by atoms with E-state index in [2.05, 4.69) is 4.98 Å². The first-order chi connectivity index (χ1) is 8.60. The van der Waals surface area contributed by atoms with E-state index in [0.29, 0.717) is 11.7 Å². The second kappa shape index (κ2) is 5.54. The maximum absolute atomic E-state index is 10.9. The van der Waals surface area contributed by atoms with Gasteiger partial charge in [-0.2, -0.15) is 0 Å². The predicted molar refractivity (Wildman–Crippen MR) is 68.2 cm³/mol. The highest BCUT2D eigenvalue weighted by Gasteiger charge is 2.24. The molecule has 0 bridgehead atoms. The number of carboxylic acids is 1. The van der Waals surface area contributed by atoms with Gasteiger partial charge in [0, 0.05) is 19.7 Å². The molecule has 0 spiro atoms. The molecule has 2 N–H and O–H groups in total. The molecule has 2 heterocycles. The van der Waals surface area contributed by atoms with E-state index in [1.54, 1.807) is 0 Å². The van der Waals surface area contributed by atoms with Crippen LogP contribution >= 0.6 is 11.6 Å². The summed E-state index contributed by atoms with van der Waals surface area (Å²) in [6, 6.07) is 2.88. The Hall–Kier alpha value is -1.33. The normalized spacial score (nSPS) is 19.2. The van der Waals surface area contributed by atoms with Crippen LogP contribution in [0, 0.1) is 5.92 Å². The van der Waals surface area contributed by atoms with Crippen molar-refractivity contribution in [2.24, 2.45) is 5.92 Å². The molecule has 2 rings (SSSR count). The molecule has 0 amide bonds. The SMILES string of the molecule is O=C(O)c1cc(Cl)nc(N2CCC(CCO)C2)c1. The lowest BCUT2D eigenvalue weighted by Gasteiger charge is -2.18. The monoisotopic (exact) mass is 270 g/mol. The van der Waals surface area contributed by atoms with Gasteiger partial charge in [0.1, 0.15) is 11.0 Å². The number of aliphatic hydroxyl groups excluding tert-OH is 1. The molecule has 1 aromatic rings. The van der Waals surface area contributed by atoms with Gasteiger partial charge in [-0.25, -0.2) is 9.78 Å². The molecule has 1 fully saturated rings. The fourth-order valence-corrected chi connectivity index (χ4v) is 2.43. The minimum Gasteiger partial charge on any atom is -0.478 e. The van der Waals surface area contributed by atoms with E-state index in [-0.39, 0.29) is 17.3 Å². The van der Waals surface area contributed by atoms with Crippen LogP contribution in [-0.4, -0.2) is 40.9 Å². The highest BCUT2D eigenvalue weighted by Crippen LogP contribution is 2.26. The number of halogens is 1. The number of anilines is 1. The van der Waals surface area contributed by atoms with Crippen LogP contribution in [0.1, 0.15) is 23.2 Å². The number of aromatic nitrogens is 1. The van der Waals surface area contributed by atoms with Crippen LogP contribution in [0.15, 0.2) is 12.1 Å². The molecule has 6 heteroatoms. The Kier molecular flexibility index (Phi) is 4.04. The number of carbonyl (C=O) groups is 1. The Morgan fingerprint density at radius 2 is 2.33 bits per heavy atom.